The van der Waals surface area contributed by atoms with Crippen LogP contribution in [0.4, 0.5) is 0 Å². The number of hydrogen-bond acceptors (Lipinski definition) is 5. The molecule has 1 heterocycles. The second kappa shape index (κ2) is 9.03. The van der Waals surface area contributed by atoms with Gasteiger partial charge in [0.1, 0.15) is 12.0 Å². The van der Waals surface area contributed by atoms with E-state index in [0.717, 1.165) is 23.3 Å². The van der Waals surface area contributed by atoms with E-state index in [0.29, 0.717) is 24.7 Å². The van der Waals surface area contributed by atoms with Crippen LogP contribution in [0.5, 0.6) is 17.2 Å². The molecule has 6 nitrogen and oxygen atoms in total. The van der Waals surface area contributed by atoms with Crippen molar-refractivity contribution < 1.29 is 24.4 Å². The average Bonchev–Trinajstić information content (AvgIpc) is 3.04. The van der Waals surface area contributed by atoms with E-state index in [-0.39, 0.29) is 5.92 Å². The van der Waals surface area contributed by atoms with Gasteiger partial charge in [0, 0.05) is 24.3 Å². The lowest BCUT2D eigenvalue weighted by atomic mass is 9.71. The number of benzene rings is 2. The van der Waals surface area contributed by atoms with E-state index in [1.807, 2.05) is 49.4 Å². The summed E-state index contributed by atoms with van der Waals surface area (Å²) in [7, 11) is 3.26. The van der Waals surface area contributed by atoms with E-state index < -0.39 is 17.7 Å². The van der Waals surface area contributed by atoms with Crippen molar-refractivity contribution in [3.05, 3.63) is 53.6 Å². The largest absolute Gasteiger partial charge is 0.497 e. The van der Waals surface area contributed by atoms with Gasteiger partial charge in [-0.3, -0.25) is 0 Å². The van der Waals surface area contributed by atoms with Gasteiger partial charge >= 0.3 is 0 Å². The molecule has 1 aliphatic heterocycles. The fourth-order valence-electron chi connectivity index (χ4n) is 3.84. The first-order valence-corrected chi connectivity index (χ1v) is 9.86. The molecule has 1 radical (unpaired) electrons. The maximum absolute atomic E-state index is 10.3. The standard InChI is InChI=1S/C23H30NO5/c1-15(25)23(2)19(14-24-22(23)26)17-7-10-20(28-4)21(13-17)29-12-11-16-5-8-18(27-3)9-6-16/h5-10,13,15,19,22,25-26H,11-12,14H2,1-4H3/t15-,19+,22?,23-/m1/s1. The molecule has 29 heavy (non-hydrogen) atoms. The zero-order chi connectivity index (χ0) is 21.0. The second-order valence-corrected chi connectivity index (χ2v) is 7.69. The van der Waals surface area contributed by atoms with Crippen molar-refractivity contribution in [2.45, 2.75) is 38.5 Å². The van der Waals surface area contributed by atoms with Gasteiger partial charge in [-0.25, -0.2) is 5.32 Å². The highest BCUT2D eigenvalue weighted by Crippen LogP contribution is 2.47. The molecular weight excluding hydrogens is 370 g/mol. The normalized spacial score (nSPS) is 24.9. The molecule has 0 bridgehead atoms. The first-order chi connectivity index (χ1) is 13.9. The summed E-state index contributed by atoms with van der Waals surface area (Å²) >= 11 is 0. The molecule has 1 aliphatic rings. The predicted molar refractivity (Wildman–Crippen MR) is 111 cm³/mol. The summed E-state index contributed by atoms with van der Waals surface area (Å²) in [6.07, 6.45) is -0.843. The van der Waals surface area contributed by atoms with E-state index in [1.54, 1.807) is 21.1 Å². The van der Waals surface area contributed by atoms with Gasteiger partial charge < -0.3 is 24.4 Å². The molecule has 2 aromatic carbocycles. The minimum absolute atomic E-state index is 0.104. The maximum atomic E-state index is 10.3. The van der Waals surface area contributed by atoms with Crippen LogP contribution in [-0.4, -0.2) is 49.9 Å². The highest BCUT2D eigenvalue weighted by molar-refractivity contribution is 5.45. The first kappa shape index (κ1) is 21.4. The molecule has 0 saturated carbocycles. The molecule has 2 N–H and O–H groups in total. The summed E-state index contributed by atoms with van der Waals surface area (Å²) in [5, 5.41) is 24.9. The molecule has 0 aliphatic carbocycles. The smallest absolute Gasteiger partial charge is 0.161 e. The Labute approximate surface area is 172 Å². The van der Waals surface area contributed by atoms with Crippen LogP contribution in [0.2, 0.25) is 0 Å². The molecule has 0 spiro atoms. The molecule has 157 valence electrons. The monoisotopic (exact) mass is 400 g/mol. The summed E-state index contributed by atoms with van der Waals surface area (Å²) < 4.78 is 16.7. The van der Waals surface area contributed by atoms with E-state index in [1.165, 1.54) is 0 Å². The Morgan fingerprint density at radius 2 is 1.83 bits per heavy atom. The lowest BCUT2D eigenvalue weighted by molar-refractivity contribution is -0.0474. The van der Waals surface area contributed by atoms with Gasteiger partial charge in [0.25, 0.3) is 0 Å². The first-order valence-electron chi connectivity index (χ1n) is 9.86. The fourth-order valence-corrected chi connectivity index (χ4v) is 3.84. The van der Waals surface area contributed by atoms with Crippen molar-refractivity contribution in [1.29, 1.82) is 0 Å². The van der Waals surface area contributed by atoms with Crippen molar-refractivity contribution >= 4 is 0 Å². The average molecular weight is 400 g/mol. The van der Waals surface area contributed by atoms with Crippen molar-refractivity contribution in [2.75, 3.05) is 27.4 Å². The van der Waals surface area contributed by atoms with Crippen molar-refractivity contribution in [3.63, 3.8) is 0 Å². The quantitative estimate of drug-likeness (QED) is 0.712. The Morgan fingerprint density at radius 3 is 2.45 bits per heavy atom. The summed E-state index contributed by atoms with van der Waals surface area (Å²) in [6, 6.07) is 13.7. The van der Waals surface area contributed by atoms with Crippen LogP contribution in [0.25, 0.3) is 0 Å². The summed E-state index contributed by atoms with van der Waals surface area (Å²) in [5.74, 6) is 2.02. The van der Waals surface area contributed by atoms with Gasteiger partial charge in [0.05, 0.1) is 26.9 Å². The summed E-state index contributed by atoms with van der Waals surface area (Å²) in [4.78, 5) is 0. The van der Waals surface area contributed by atoms with Crippen LogP contribution in [0.3, 0.4) is 0 Å². The Morgan fingerprint density at radius 1 is 1.10 bits per heavy atom. The SMILES string of the molecule is COc1ccc(CCOc2cc([C@@H]3C[N]C(O)[C@]3(C)[C@@H](C)O)ccc2OC)cc1. The number of methoxy groups -OCH3 is 2. The molecule has 4 atom stereocenters. The van der Waals surface area contributed by atoms with Gasteiger partial charge in [-0.15, -0.1) is 0 Å². The lowest BCUT2D eigenvalue weighted by Gasteiger charge is -2.36. The minimum atomic E-state index is -0.894. The number of nitrogens with zero attached hydrogens (tertiary/aromatic N) is 1. The third-order valence-corrected chi connectivity index (χ3v) is 6.07. The highest BCUT2D eigenvalue weighted by Gasteiger charge is 2.50. The third kappa shape index (κ3) is 4.34. The molecule has 1 saturated heterocycles. The van der Waals surface area contributed by atoms with E-state index >= 15 is 0 Å². The topological polar surface area (TPSA) is 82.3 Å². The predicted octanol–water partition coefficient (Wildman–Crippen LogP) is 2.73. The zero-order valence-electron chi connectivity index (χ0n) is 17.5. The van der Waals surface area contributed by atoms with Crippen LogP contribution >= 0.6 is 0 Å². The number of aliphatic hydroxyl groups excluding tert-OH is 2. The van der Waals surface area contributed by atoms with E-state index in [2.05, 4.69) is 5.32 Å². The van der Waals surface area contributed by atoms with Crippen LogP contribution in [0, 0.1) is 5.41 Å². The maximum Gasteiger partial charge on any atom is 0.161 e. The molecular formula is C23H30NO5. The van der Waals surface area contributed by atoms with Gasteiger partial charge in [-0.05, 0) is 42.3 Å². The summed E-state index contributed by atoms with van der Waals surface area (Å²) in [6.45, 7) is 4.53. The van der Waals surface area contributed by atoms with Gasteiger partial charge in [-0.1, -0.05) is 25.1 Å². The third-order valence-electron chi connectivity index (χ3n) is 6.07. The van der Waals surface area contributed by atoms with E-state index in [9.17, 15) is 10.2 Å². The zero-order valence-corrected chi connectivity index (χ0v) is 17.5. The lowest BCUT2D eigenvalue weighted by Crippen LogP contribution is -2.42. The molecule has 0 aromatic heterocycles. The van der Waals surface area contributed by atoms with E-state index in [4.69, 9.17) is 14.2 Å². The van der Waals surface area contributed by atoms with Crippen molar-refractivity contribution in [1.82, 2.24) is 5.32 Å². The van der Waals surface area contributed by atoms with Crippen LogP contribution in [0.15, 0.2) is 42.5 Å². The van der Waals surface area contributed by atoms with Gasteiger partial charge in [0.2, 0.25) is 0 Å². The number of hydrogen-bond donors (Lipinski definition) is 2. The summed E-state index contributed by atoms with van der Waals surface area (Å²) in [5.41, 5.74) is 1.38. The Kier molecular flexibility index (Phi) is 6.67. The molecule has 6 heteroatoms. The molecule has 3 rings (SSSR count). The van der Waals surface area contributed by atoms with Crippen LogP contribution < -0.4 is 19.5 Å². The molecule has 1 fully saturated rings. The molecule has 0 amide bonds. The molecule has 2 aromatic rings. The number of rotatable bonds is 8. The van der Waals surface area contributed by atoms with Crippen LogP contribution in [-0.2, 0) is 6.42 Å². The number of aliphatic hydroxyl groups is 2. The van der Waals surface area contributed by atoms with Gasteiger partial charge in [0.15, 0.2) is 11.5 Å². The Balaban J connectivity index is 1.75. The Bertz CT molecular complexity index is 807. The van der Waals surface area contributed by atoms with Crippen molar-refractivity contribution in [3.8, 4) is 17.2 Å². The molecule has 1 unspecified atom stereocenters. The minimum Gasteiger partial charge on any atom is -0.497 e. The van der Waals surface area contributed by atoms with Crippen LogP contribution in [0.1, 0.15) is 30.9 Å². The van der Waals surface area contributed by atoms with Gasteiger partial charge in [-0.2, -0.15) is 0 Å². The second-order valence-electron chi connectivity index (χ2n) is 7.69. The highest BCUT2D eigenvalue weighted by atomic mass is 16.5. The van der Waals surface area contributed by atoms with Crippen molar-refractivity contribution in [2.24, 2.45) is 5.41 Å². The fraction of sp³-hybridized carbons (Fsp3) is 0.478. The Hall–Kier alpha value is -2.28. The number of ether oxygens (including phenoxy) is 3.